The van der Waals surface area contributed by atoms with E-state index in [-0.39, 0.29) is 19.6 Å². The van der Waals surface area contributed by atoms with Crippen molar-refractivity contribution in [3.8, 4) is 0 Å². The van der Waals surface area contributed by atoms with Gasteiger partial charge in [-0.15, -0.1) is 0 Å². The third-order valence-corrected chi connectivity index (χ3v) is 7.77. The quantitative estimate of drug-likeness (QED) is 0.224. The smallest absolute Gasteiger partial charge is 0.308 e. The normalized spacial score (nSPS) is 16.0. The van der Waals surface area contributed by atoms with Crippen molar-refractivity contribution in [2.45, 2.75) is 71.6 Å². The topological polar surface area (TPSA) is 139 Å². The second-order valence-electron chi connectivity index (χ2n) is 10.9. The molecule has 0 bridgehead atoms. The molecule has 0 saturated carbocycles. The predicted octanol–water partition coefficient (Wildman–Crippen LogP) is 4.09. The number of hydrogen-bond donors (Lipinski definition) is 3. The Morgan fingerprint density at radius 3 is 2.71 bits per heavy atom. The Hall–Kier alpha value is -3.47. The first-order valence-electron chi connectivity index (χ1n) is 14.9. The Bertz CT molecular complexity index is 1180. The number of unbranched alkanes of at least 4 members (excludes halogenated alkanes) is 1. The van der Waals surface area contributed by atoms with E-state index in [2.05, 4.69) is 39.6 Å². The van der Waals surface area contributed by atoms with Crippen LogP contribution in [0.15, 0.2) is 12.1 Å². The number of rotatable bonds is 14. The zero-order chi connectivity index (χ0) is 29.2. The van der Waals surface area contributed by atoms with Crippen LogP contribution in [0.4, 0.5) is 17.5 Å². The van der Waals surface area contributed by atoms with E-state index < -0.39 is 17.9 Å². The van der Waals surface area contributed by atoms with Crippen LogP contribution in [0.1, 0.15) is 74.0 Å². The van der Waals surface area contributed by atoms with Crippen LogP contribution in [-0.4, -0.2) is 78.0 Å². The average molecular weight is 569 g/mol. The fraction of sp³-hybridized carbons (Fsp3) is 0.633. The second-order valence-corrected chi connectivity index (χ2v) is 10.9. The Kier molecular flexibility index (Phi) is 11.1. The van der Waals surface area contributed by atoms with Gasteiger partial charge in [0, 0.05) is 50.0 Å². The molecule has 2 aliphatic rings. The molecule has 224 valence electrons. The average Bonchev–Trinajstić information content (AvgIpc) is 2.98. The molecule has 2 aliphatic heterocycles. The molecule has 1 saturated heterocycles. The first-order chi connectivity index (χ1) is 19.9. The molecular formula is C30H44N6O5. The van der Waals surface area contributed by atoms with Crippen molar-refractivity contribution in [1.29, 1.82) is 0 Å². The Morgan fingerprint density at radius 1 is 1.15 bits per heavy atom. The van der Waals surface area contributed by atoms with Gasteiger partial charge in [-0.2, -0.15) is 0 Å². The lowest BCUT2D eigenvalue weighted by Crippen LogP contribution is -2.35. The number of aryl methyl sites for hydroxylation is 2. The van der Waals surface area contributed by atoms with E-state index in [1.165, 1.54) is 5.56 Å². The van der Waals surface area contributed by atoms with Crippen molar-refractivity contribution in [3.05, 3.63) is 34.8 Å². The fourth-order valence-corrected chi connectivity index (χ4v) is 5.34. The number of esters is 1. The highest BCUT2D eigenvalue weighted by Gasteiger charge is 2.27. The summed E-state index contributed by atoms with van der Waals surface area (Å²) in [5.74, 6) is 0.919. The third-order valence-electron chi connectivity index (χ3n) is 7.77. The van der Waals surface area contributed by atoms with Gasteiger partial charge in [0.25, 0.3) is 0 Å². The minimum Gasteiger partial charge on any atom is -0.481 e. The molecule has 0 radical (unpaired) electrons. The second kappa shape index (κ2) is 15.0. The van der Waals surface area contributed by atoms with Crippen LogP contribution < -0.4 is 15.5 Å². The molecule has 1 atom stereocenters. The van der Waals surface area contributed by atoms with Crippen LogP contribution >= 0.6 is 0 Å². The number of pyridine rings is 1. The molecule has 1 fully saturated rings. The lowest BCUT2D eigenvalue weighted by Gasteiger charge is -2.34. The Morgan fingerprint density at radius 2 is 1.95 bits per heavy atom. The zero-order valence-corrected chi connectivity index (χ0v) is 24.6. The minimum absolute atomic E-state index is 0.0499. The minimum atomic E-state index is -1.06. The van der Waals surface area contributed by atoms with E-state index in [1.807, 2.05) is 13.8 Å². The number of nitrogens with one attached hydrogen (secondary N) is 2. The molecule has 0 aromatic carbocycles. The van der Waals surface area contributed by atoms with Gasteiger partial charge >= 0.3 is 11.9 Å². The highest BCUT2D eigenvalue weighted by atomic mass is 16.6. The highest BCUT2D eigenvalue weighted by Crippen LogP contribution is 2.33. The summed E-state index contributed by atoms with van der Waals surface area (Å²) in [5.41, 5.74) is 3.32. The molecule has 4 rings (SSSR count). The van der Waals surface area contributed by atoms with Gasteiger partial charge in [0.05, 0.1) is 18.9 Å². The molecule has 3 N–H and O–H groups in total. The maximum atomic E-state index is 12.2. The van der Waals surface area contributed by atoms with Crippen molar-refractivity contribution in [2.75, 3.05) is 61.5 Å². The van der Waals surface area contributed by atoms with Gasteiger partial charge in [-0.05, 0) is 57.6 Å². The van der Waals surface area contributed by atoms with Crippen molar-refractivity contribution >= 4 is 29.4 Å². The third kappa shape index (κ3) is 8.51. The van der Waals surface area contributed by atoms with Crippen LogP contribution in [0, 0.1) is 19.8 Å². The molecule has 0 spiro atoms. The maximum absolute atomic E-state index is 12.2. The fourth-order valence-electron chi connectivity index (χ4n) is 5.34. The predicted molar refractivity (Wildman–Crippen MR) is 158 cm³/mol. The van der Waals surface area contributed by atoms with Crippen LogP contribution in [0.5, 0.6) is 0 Å². The zero-order valence-electron chi connectivity index (χ0n) is 24.6. The number of anilines is 3. The number of carboxylic acid groups (broad SMARTS) is 1. The van der Waals surface area contributed by atoms with Gasteiger partial charge in [-0.25, -0.2) is 15.0 Å². The summed E-state index contributed by atoms with van der Waals surface area (Å²) in [5, 5.41) is 16.3. The van der Waals surface area contributed by atoms with Crippen molar-refractivity contribution in [3.63, 3.8) is 0 Å². The SMILES string of the molecule is CCCCOCCOC(=O)C[C@@H](CNc1nc(C)nc(N2CCC(c3ccc4c(n3)NCCC4)CC2)c1C)C(=O)O. The van der Waals surface area contributed by atoms with Gasteiger partial charge in [0.15, 0.2) is 0 Å². The van der Waals surface area contributed by atoms with Crippen molar-refractivity contribution < 1.29 is 24.2 Å². The standard InChI is InChI=1S/C30H44N6O5/c1-4-5-15-40-16-17-41-26(37)18-24(30(38)39)19-32-27-20(2)29(34-21(3)33-27)36-13-10-22(11-14-36)25-9-8-23-7-6-12-31-28(23)35-25/h8-9,22,24H,4-7,10-19H2,1-3H3,(H,31,35)(H,38,39)(H,32,33,34)/t24-/m0/s1. The number of hydrogen-bond acceptors (Lipinski definition) is 10. The lowest BCUT2D eigenvalue weighted by molar-refractivity contribution is -0.152. The number of fused-ring (bicyclic) bond motifs is 1. The Balaban J connectivity index is 1.31. The number of nitrogens with zero attached hydrogens (tertiary/aromatic N) is 4. The van der Waals surface area contributed by atoms with Gasteiger partial charge in [-0.3, -0.25) is 9.59 Å². The van der Waals surface area contributed by atoms with Crippen LogP contribution in [0.25, 0.3) is 0 Å². The molecular weight excluding hydrogens is 524 g/mol. The molecule has 0 unspecified atom stereocenters. The molecule has 4 heterocycles. The van der Waals surface area contributed by atoms with Crippen LogP contribution in [-0.2, 0) is 25.5 Å². The Labute approximate surface area is 242 Å². The molecule has 11 nitrogen and oxygen atoms in total. The monoisotopic (exact) mass is 568 g/mol. The molecule has 41 heavy (non-hydrogen) atoms. The number of carboxylic acids is 1. The summed E-state index contributed by atoms with van der Waals surface area (Å²) in [6.45, 7) is 9.63. The van der Waals surface area contributed by atoms with E-state index in [9.17, 15) is 14.7 Å². The van der Waals surface area contributed by atoms with Gasteiger partial charge < -0.3 is 30.1 Å². The molecule has 11 heteroatoms. The van der Waals surface area contributed by atoms with E-state index in [1.54, 1.807) is 0 Å². The highest BCUT2D eigenvalue weighted by molar-refractivity contribution is 5.79. The molecule has 2 aromatic rings. The van der Waals surface area contributed by atoms with E-state index in [4.69, 9.17) is 19.4 Å². The van der Waals surface area contributed by atoms with E-state index in [0.29, 0.717) is 30.8 Å². The lowest BCUT2D eigenvalue weighted by atomic mass is 9.92. The number of piperidine rings is 1. The largest absolute Gasteiger partial charge is 0.481 e. The van der Waals surface area contributed by atoms with Crippen LogP contribution in [0.3, 0.4) is 0 Å². The first-order valence-corrected chi connectivity index (χ1v) is 14.9. The van der Waals surface area contributed by atoms with Crippen molar-refractivity contribution in [2.24, 2.45) is 5.92 Å². The van der Waals surface area contributed by atoms with Crippen molar-refractivity contribution in [1.82, 2.24) is 15.0 Å². The summed E-state index contributed by atoms with van der Waals surface area (Å²) in [6.07, 6.45) is 5.94. The van der Waals surface area contributed by atoms with E-state index >= 15 is 0 Å². The molecule has 0 amide bonds. The molecule has 2 aromatic heterocycles. The number of carbonyl (C=O) groups excluding carboxylic acids is 1. The van der Waals surface area contributed by atoms with Gasteiger partial charge in [-0.1, -0.05) is 19.4 Å². The summed E-state index contributed by atoms with van der Waals surface area (Å²) in [4.78, 5) is 40.6. The first kappa shape index (κ1) is 30.5. The molecule has 0 aliphatic carbocycles. The maximum Gasteiger partial charge on any atom is 0.308 e. The van der Waals surface area contributed by atoms with E-state index in [0.717, 1.165) is 81.1 Å². The number of aliphatic carboxylic acids is 1. The summed E-state index contributed by atoms with van der Waals surface area (Å²) in [7, 11) is 0. The van der Waals surface area contributed by atoms with Gasteiger partial charge in [0.1, 0.15) is 29.9 Å². The summed E-state index contributed by atoms with van der Waals surface area (Å²) >= 11 is 0. The van der Waals surface area contributed by atoms with Crippen LogP contribution in [0.2, 0.25) is 0 Å². The number of ether oxygens (including phenoxy) is 2. The summed E-state index contributed by atoms with van der Waals surface area (Å²) in [6, 6.07) is 4.41. The number of carbonyl (C=O) groups is 2. The summed E-state index contributed by atoms with van der Waals surface area (Å²) < 4.78 is 10.6. The van der Waals surface area contributed by atoms with Gasteiger partial charge in [0.2, 0.25) is 0 Å². The number of aromatic nitrogens is 3.